The van der Waals surface area contributed by atoms with Crippen molar-refractivity contribution < 1.29 is 14.3 Å². The molecule has 1 aliphatic rings. The smallest absolute Gasteiger partial charge is 0.268 e. The summed E-state index contributed by atoms with van der Waals surface area (Å²) in [5, 5.41) is 4.74. The number of carbonyl (C=O) groups is 2. The van der Waals surface area contributed by atoms with E-state index < -0.39 is 0 Å². The molecule has 0 unspecified atom stereocenters. The molecule has 0 aliphatic carbocycles. The van der Waals surface area contributed by atoms with Gasteiger partial charge in [-0.2, -0.15) is 0 Å². The van der Waals surface area contributed by atoms with E-state index in [1.54, 1.807) is 0 Å². The molecule has 6 heteroatoms. The predicted molar refractivity (Wildman–Crippen MR) is 95.9 cm³/mol. The number of nitrogens with zero attached hydrogens (tertiary/aromatic N) is 1. The number of fused-ring (bicyclic) bond motifs is 1. The minimum atomic E-state index is -0.167. The van der Waals surface area contributed by atoms with Gasteiger partial charge in [0.2, 0.25) is 5.91 Å². The Morgan fingerprint density at radius 3 is 2.96 bits per heavy atom. The lowest BCUT2D eigenvalue weighted by Gasteiger charge is -2.29. The molecular formula is C18H20N2O3S. The van der Waals surface area contributed by atoms with Crippen LogP contribution in [0.5, 0.6) is 0 Å². The predicted octanol–water partition coefficient (Wildman–Crippen LogP) is 3.32. The number of ether oxygens (including phenoxy) is 1. The van der Waals surface area contributed by atoms with Gasteiger partial charge in [0.15, 0.2) is 0 Å². The van der Waals surface area contributed by atoms with Crippen molar-refractivity contribution in [3.05, 3.63) is 46.2 Å². The number of anilines is 2. The van der Waals surface area contributed by atoms with E-state index in [2.05, 4.69) is 5.32 Å². The minimum absolute atomic E-state index is 0.0408. The van der Waals surface area contributed by atoms with Crippen LogP contribution >= 0.6 is 11.3 Å². The first kappa shape index (κ1) is 16.7. The first-order valence-electron chi connectivity index (χ1n) is 8.05. The Morgan fingerprint density at radius 1 is 1.33 bits per heavy atom. The lowest BCUT2D eigenvalue weighted by atomic mass is 10.0. The van der Waals surface area contributed by atoms with Gasteiger partial charge >= 0.3 is 0 Å². The van der Waals surface area contributed by atoms with Crippen LogP contribution in [-0.4, -0.2) is 31.6 Å². The Kier molecular flexibility index (Phi) is 5.27. The summed E-state index contributed by atoms with van der Waals surface area (Å²) < 4.78 is 5.11. The molecule has 0 radical (unpaired) electrons. The fourth-order valence-corrected chi connectivity index (χ4v) is 3.48. The zero-order valence-corrected chi connectivity index (χ0v) is 14.4. The first-order valence-corrected chi connectivity index (χ1v) is 8.93. The molecule has 1 aromatic heterocycles. The second kappa shape index (κ2) is 7.59. The fraction of sp³-hybridized carbons (Fsp3) is 0.333. The second-order valence-electron chi connectivity index (χ2n) is 5.57. The van der Waals surface area contributed by atoms with E-state index in [9.17, 15) is 9.59 Å². The maximum absolute atomic E-state index is 12.7. The van der Waals surface area contributed by atoms with Crippen LogP contribution in [0.4, 0.5) is 11.4 Å². The zero-order chi connectivity index (χ0) is 16.9. The maximum atomic E-state index is 12.7. The summed E-state index contributed by atoms with van der Waals surface area (Å²) >= 11 is 1.46. The van der Waals surface area contributed by atoms with Crippen molar-refractivity contribution in [2.24, 2.45) is 0 Å². The van der Waals surface area contributed by atoms with Gasteiger partial charge in [0.1, 0.15) is 6.61 Å². The van der Waals surface area contributed by atoms with Gasteiger partial charge in [0.25, 0.3) is 5.91 Å². The van der Waals surface area contributed by atoms with Crippen molar-refractivity contribution in [2.45, 2.75) is 19.8 Å². The maximum Gasteiger partial charge on any atom is 0.268 e. The highest BCUT2D eigenvalue weighted by molar-refractivity contribution is 7.12. The number of hydrogen-bond acceptors (Lipinski definition) is 4. The van der Waals surface area contributed by atoms with Crippen LogP contribution in [-0.2, 0) is 16.0 Å². The summed E-state index contributed by atoms with van der Waals surface area (Å²) in [5.41, 5.74) is 2.76. The summed E-state index contributed by atoms with van der Waals surface area (Å²) in [6.07, 6.45) is 1.82. The third kappa shape index (κ3) is 3.66. The van der Waals surface area contributed by atoms with Crippen molar-refractivity contribution in [1.82, 2.24) is 0 Å². The van der Waals surface area contributed by atoms with Crippen molar-refractivity contribution in [1.29, 1.82) is 0 Å². The molecule has 3 rings (SSSR count). The van der Waals surface area contributed by atoms with Crippen LogP contribution in [0.25, 0.3) is 0 Å². The average Bonchev–Trinajstić information content (AvgIpc) is 3.13. The van der Waals surface area contributed by atoms with Gasteiger partial charge in [0, 0.05) is 24.5 Å². The van der Waals surface area contributed by atoms with E-state index in [0.717, 1.165) is 41.2 Å². The number of hydrogen-bond donors (Lipinski definition) is 1. The number of nitrogens with one attached hydrogen (secondary N) is 1. The highest BCUT2D eigenvalue weighted by atomic mass is 32.1. The van der Waals surface area contributed by atoms with Crippen LogP contribution in [0.3, 0.4) is 0 Å². The van der Waals surface area contributed by atoms with E-state index in [0.29, 0.717) is 6.61 Å². The van der Waals surface area contributed by atoms with Crippen molar-refractivity contribution >= 4 is 34.5 Å². The SMILES string of the molecule is CCOCC(=O)Nc1ccc2c(c1)CCCN2C(=O)c1cccs1. The molecule has 0 saturated carbocycles. The molecule has 2 amide bonds. The normalized spacial score (nSPS) is 13.5. The summed E-state index contributed by atoms with van der Waals surface area (Å²) in [6.45, 7) is 3.14. The second-order valence-corrected chi connectivity index (χ2v) is 6.51. The Morgan fingerprint density at radius 2 is 2.21 bits per heavy atom. The van der Waals surface area contributed by atoms with E-state index in [4.69, 9.17) is 4.74 Å². The van der Waals surface area contributed by atoms with Gasteiger partial charge in [-0.25, -0.2) is 0 Å². The summed E-state index contributed by atoms with van der Waals surface area (Å²) in [6, 6.07) is 9.44. The van der Waals surface area contributed by atoms with Gasteiger partial charge in [0.05, 0.1) is 4.88 Å². The van der Waals surface area contributed by atoms with Gasteiger partial charge in [-0.05, 0) is 55.0 Å². The molecule has 1 aromatic carbocycles. The highest BCUT2D eigenvalue weighted by Crippen LogP contribution is 2.31. The first-order chi connectivity index (χ1) is 11.7. The van der Waals surface area contributed by atoms with E-state index in [1.807, 2.05) is 47.5 Å². The summed E-state index contributed by atoms with van der Waals surface area (Å²) in [5.74, 6) is -0.127. The molecule has 5 nitrogen and oxygen atoms in total. The topological polar surface area (TPSA) is 58.6 Å². The largest absolute Gasteiger partial charge is 0.372 e. The van der Waals surface area contributed by atoms with Gasteiger partial charge < -0.3 is 15.0 Å². The molecule has 24 heavy (non-hydrogen) atoms. The summed E-state index contributed by atoms with van der Waals surface area (Å²) in [4.78, 5) is 27.0. The molecule has 0 atom stereocenters. The Hall–Kier alpha value is -2.18. The molecular weight excluding hydrogens is 324 g/mol. The molecule has 2 aromatic rings. The van der Waals surface area contributed by atoms with Crippen molar-refractivity contribution in [2.75, 3.05) is 30.0 Å². The van der Waals surface area contributed by atoms with Crippen LogP contribution in [0.2, 0.25) is 0 Å². The lowest BCUT2D eigenvalue weighted by molar-refractivity contribution is -0.120. The number of amides is 2. The van der Waals surface area contributed by atoms with Gasteiger partial charge in [-0.3, -0.25) is 9.59 Å². The van der Waals surface area contributed by atoms with Crippen LogP contribution in [0.1, 0.15) is 28.6 Å². The van der Waals surface area contributed by atoms with Gasteiger partial charge in [-0.1, -0.05) is 6.07 Å². The standard InChI is InChI=1S/C18H20N2O3S/c1-2-23-12-17(21)19-14-7-8-15-13(11-14)5-3-9-20(15)18(22)16-6-4-10-24-16/h4,6-8,10-11H,2-3,5,9,12H2,1H3,(H,19,21). The quantitative estimate of drug-likeness (QED) is 0.905. The molecule has 0 bridgehead atoms. The Labute approximate surface area is 145 Å². The molecule has 0 spiro atoms. The van der Waals surface area contributed by atoms with Gasteiger partial charge in [-0.15, -0.1) is 11.3 Å². The number of benzene rings is 1. The molecule has 1 aliphatic heterocycles. The van der Waals surface area contributed by atoms with Crippen LogP contribution in [0, 0.1) is 0 Å². The van der Waals surface area contributed by atoms with E-state index in [-0.39, 0.29) is 18.4 Å². The fourth-order valence-electron chi connectivity index (χ4n) is 2.81. The molecule has 2 heterocycles. The molecule has 1 N–H and O–H groups in total. The van der Waals surface area contributed by atoms with Crippen LogP contribution < -0.4 is 10.2 Å². The number of aryl methyl sites for hydroxylation is 1. The minimum Gasteiger partial charge on any atom is -0.372 e. The molecule has 0 fully saturated rings. The lowest BCUT2D eigenvalue weighted by Crippen LogP contribution is -2.35. The monoisotopic (exact) mass is 344 g/mol. The molecule has 126 valence electrons. The zero-order valence-electron chi connectivity index (χ0n) is 13.6. The molecule has 0 saturated heterocycles. The summed E-state index contributed by atoms with van der Waals surface area (Å²) in [7, 11) is 0. The highest BCUT2D eigenvalue weighted by Gasteiger charge is 2.24. The van der Waals surface area contributed by atoms with Crippen molar-refractivity contribution in [3.8, 4) is 0 Å². The van der Waals surface area contributed by atoms with Crippen molar-refractivity contribution in [3.63, 3.8) is 0 Å². The number of thiophene rings is 1. The Balaban J connectivity index is 1.77. The van der Waals surface area contributed by atoms with E-state index >= 15 is 0 Å². The average molecular weight is 344 g/mol. The third-order valence-electron chi connectivity index (χ3n) is 3.90. The number of carbonyl (C=O) groups excluding carboxylic acids is 2. The Bertz CT molecular complexity index is 728. The van der Waals surface area contributed by atoms with Crippen LogP contribution in [0.15, 0.2) is 35.7 Å². The number of rotatable bonds is 5. The third-order valence-corrected chi connectivity index (χ3v) is 4.75. The van der Waals surface area contributed by atoms with E-state index in [1.165, 1.54) is 11.3 Å².